The van der Waals surface area contributed by atoms with Crippen LogP contribution in [0.15, 0.2) is 24.3 Å². The summed E-state index contributed by atoms with van der Waals surface area (Å²) in [5.41, 5.74) is 1.97. The fraction of sp³-hybridized carbons (Fsp3) is 0.667. The molecule has 0 radical (unpaired) electrons. The minimum absolute atomic E-state index is 0.0827. The number of rotatable bonds is 11. The zero-order valence-electron chi connectivity index (χ0n) is 23.4. The molecule has 0 bridgehead atoms. The van der Waals surface area contributed by atoms with Crippen LogP contribution in [-0.2, 0) is 20.8 Å². The van der Waals surface area contributed by atoms with E-state index >= 15 is 0 Å². The van der Waals surface area contributed by atoms with Gasteiger partial charge in [0.1, 0.15) is 0 Å². The molecule has 1 aromatic carbocycles. The van der Waals surface area contributed by atoms with Gasteiger partial charge in [-0.15, -0.1) is 0 Å². The van der Waals surface area contributed by atoms with Crippen LogP contribution in [-0.4, -0.2) is 148 Å². The Labute approximate surface area is 230 Å². The molecule has 1 unspecified atom stereocenters. The third-order valence-electron chi connectivity index (χ3n) is 6.56. The van der Waals surface area contributed by atoms with E-state index in [1.54, 1.807) is 9.80 Å². The van der Waals surface area contributed by atoms with Gasteiger partial charge in [-0.05, 0) is 44.9 Å². The SMILES string of the molecule is CC(C)(C)Nc1ccc(CC2CN(CC(=O)O)CCN(CC(=O)O)CCN(CC(=O)O)CCN2CCO)cc1. The molecule has 1 aliphatic heterocycles. The lowest BCUT2D eigenvalue weighted by Crippen LogP contribution is -2.53. The van der Waals surface area contributed by atoms with E-state index < -0.39 is 17.9 Å². The second-order valence-electron chi connectivity index (χ2n) is 11.2. The van der Waals surface area contributed by atoms with E-state index in [2.05, 4.69) is 31.0 Å². The maximum Gasteiger partial charge on any atom is 0.317 e. The average Bonchev–Trinajstić information content (AvgIpc) is 2.81. The summed E-state index contributed by atoms with van der Waals surface area (Å²) in [5.74, 6) is -2.92. The Bertz CT molecular complexity index is 922. The van der Waals surface area contributed by atoms with Crippen LogP contribution in [0.5, 0.6) is 0 Å². The van der Waals surface area contributed by atoms with Crippen molar-refractivity contribution in [3.05, 3.63) is 29.8 Å². The van der Waals surface area contributed by atoms with Gasteiger partial charge >= 0.3 is 17.9 Å². The van der Waals surface area contributed by atoms with Crippen molar-refractivity contribution in [2.45, 2.75) is 38.8 Å². The van der Waals surface area contributed by atoms with Gasteiger partial charge in [-0.1, -0.05) is 12.1 Å². The number of hydrogen-bond acceptors (Lipinski definition) is 9. The van der Waals surface area contributed by atoms with Crippen molar-refractivity contribution in [3.8, 4) is 0 Å². The summed E-state index contributed by atoms with van der Waals surface area (Å²) < 4.78 is 0. The van der Waals surface area contributed by atoms with Crippen LogP contribution in [0.4, 0.5) is 5.69 Å². The number of aliphatic hydroxyl groups is 1. The van der Waals surface area contributed by atoms with Crippen molar-refractivity contribution in [1.29, 1.82) is 0 Å². The lowest BCUT2D eigenvalue weighted by Gasteiger charge is -2.38. The second kappa shape index (κ2) is 15.7. The number of aliphatic carboxylic acids is 3. The molecule has 1 aromatic rings. The largest absolute Gasteiger partial charge is 0.480 e. The van der Waals surface area contributed by atoms with Crippen LogP contribution in [0.1, 0.15) is 26.3 Å². The summed E-state index contributed by atoms with van der Waals surface area (Å²) in [5, 5.41) is 41.7. The number of carbonyl (C=O) groups is 3. The summed E-state index contributed by atoms with van der Waals surface area (Å²) in [7, 11) is 0. The van der Waals surface area contributed by atoms with Crippen molar-refractivity contribution >= 4 is 23.6 Å². The maximum atomic E-state index is 11.7. The highest BCUT2D eigenvalue weighted by Gasteiger charge is 2.26. The Morgan fingerprint density at radius 3 is 1.72 bits per heavy atom. The van der Waals surface area contributed by atoms with Gasteiger partial charge in [0.15, 0.2) is 0 Å². The highest BCUT2D eigenvalue weighted by Crippen LogP contribution is 2.18. The van der Waals surface area contributed by atoms with Crippen LogP contribution < -0.4 is 5.32 Å². The Kier molecular flexibility index (Phi) is 13.1. The van der Waals surface area contributed by atoms with E-state index in [-0.39, 0.29) is 37.8 Å². The monoisotopic (exact) mass is 551 g/mol. The van der Waals surface area contributed by atoms with Crippen LogP contribution >= 0.6 is 0 Å². The molecule has 5 N–H and O–H groups in total. The van der Waals surface area contributed by atoms with Gasteiger partial charge in [-0.25, -0.2) is 0 Å². The number of nitrogens with one attached hydrogen (secondary N) is 1. The number of benzene rings is 1. The molecule has 1 aliphatic rings. The van der Waals surface area contributed by atoms with Gasteiger partial charge < -0.3 is 25.7 Å². The second-order valence-corrected chi connectivity index (χ2v) is 11.2. The van der Waals surface area contributed by atoms with E-state index in [9.17, 15) is 34.8 Å². The van der Waals surface area contributed by atoms with Gasteiger partial charge in [0.25, 0.3) is 0 Å². The first-order chi connectivity index (χ1) is 18.3. The average molecular weight is 552 g/mol. The standard InChI is InChI=1S/C27H45N5O7/c1-27(2,3)28-22-6-4-21(5-7-22)16-23-17-31(20-26(38)39)11-10-29(18-24(34)35)8-9-30(19-25(36)37)12-13-32(23)14-15-33/h4-7,23,28,33H,8-20H2,1-3H3,(H,34,35)(H,36,37)(H,38,39). The zero-order chi connectivity index (χ0) is 29.0. The zero-order valence-corrected chi connectivity index (χ0v) is 23.4. The lowest BCUT2D eigenvalue weighted by molar-refractivity contribution is -0.140. The molecule has 1 fully saturated rings. The molecule has 0 aliphatic carbocycles. The first kappa shape index (κ1) is 32.4. The highest BCUT2D eigenvalue weighted by molar-refractivity contribution is 5.70. The van der Waals surface area contributed by atoms with Crippen LogP contribution in [0, 0.1) is 0 Å². The normalized spacial score (nSPS) is 19.6. The highest BCUT2D eigenvalue weighted by atomic mass is 16.4. The van der Waals surface area contributed by atoms with Gasteiger partial charge in [0, 0.05) is 69.6 Å². The van der Waals surface area contributed by atoms with Crippen LogP contribution in [0.2, 0.25) is 0 Å². The summed E-state index contributed by atoms with van der Waals surface area (Å²) in [6.45, 7) is 8.62. The summed E-state index contributed by atoms with van der Waals surface area (Å²) in [6, 6.07) is 7.94. The van der Waals surface area contributed by atoms with Crippen molar-refractivity contribution in [2.75, 3.05) is 83.9 Å². The topological polar surface area (TPSA) is 157 Å². The molecule has 12 nitrogen and oxygen atoms in total. The van der Waals surface area contributed by atoms with Gasteiger partial charge in [0.05, 0.1) is 26.2 Å². The molecular weight excluding hydrogens is 506 g/mol. The molecule has 220 valence electrons. The Morgan fingerprint density at radius 2 is 1.26 bits per heavy atom. The first-order valence-corrected chi connectivity index (χ1v) is 13.4. The molecule has 0 aromatic heterocycles. The van der Waals surface area contributed by atoms with Crippen molar-refractivity contribution in [1.82, 2.24) is 19.6 Å². The molecule has 0 saturated carbocycles. The van der Waals surface area contributed by atoms with Gasteiger partial charge in [-0.2, -0.15) is 0 Å². The summed E-state index contributed by atoms with van der Waals surface area (Å²) in [6.07, 6.45) is 0.601. The molecule has 0 spiro atoms. The molecule has 1 saturated heterocycles. The van der Waals surface area contributed by atoms with E-state index in [1.807, 2.05) is 29.2 Å². The third-order valence-corrected chi connectivity index (χ3v) is 6.56. The number of aliphatic hydroxyl groups excluding tert-OH is 1. The first-order valence-electron chi connectivity index (χ1n) is 13.4. The fourth-order valence-electron chi connectivity index (χ4n) is 4.83. The number of anilines is 1. The third kappa shape index (κ3) is 13.2. The molecule has 1 heterocycles. The van der Waals surface area contributed by atoms with E-state index in [0.717, 1.165) is 11.3 Å². The van der Waals surface area contributed by atoms with E-state index in [1.165, 1.54) is 0 Å². The number of carboxylic acids is 3. The molecular formula is C27H45N5O7. The molecule has 12 heteroatoms. The summed E-state index contributed by atoms with van der Waals surface area (Å²) in [4.78, 5) is 42.1. The quantitative estimate of drug-likeness (QED) is 0.256. The predicted octanol–water partition coefficient (Wildman–Crippen LogP) is 0.276. The van der Waals surface area contributed by atoms with Crippen LogP contribution in [0.25, 0.3) is 0 Å². The predicted molar refractivity (Wildman–Crippen MR) is 148 cm³/mol. The number of hydrogen-bond donors (Lipinski definition) is 5. The fourth-order valence-corrected chi connectivity index (χ4v) is 4.83. The minimum atomic E-state index is -0.993. The number of carboxylic acid groups (broad SMARTS) is 3. The Hall–Kier alpha value is -2.77. The number of β-amino-alcohol motifs (C(OH)–C–C–N with tert-alkyl or cyclic N) is 1. The smallest absolute Gasteiger partial charge is 0.317 e. The maximum absolute atomic E-state index is 11.7. The molecule has 2 rings (SSSR count). The van der Waals surface area contributed by atoms with E-state index in [4.69, 9.17) is 0 Å². The van der Waals surface area contributed by atoms with Crippen molar-refractivity contribution in [3.63, 3.8) is 0 Å². The summed E-state index contributed by atoms with van der Waals surface area (Å²) >= 11 is 0. The molecule has 0 amide bonds. The van der Waals surface area contributed by atoms with Crippen molar-refractivity contribution in [2.24, 2.45) is 0 Å². The van der Waals surface area contributed by atoms with Gasteiger partial charge in [-0.3, -0.25) is 34.0 Å². The Morgan fingerprint density at radius 1 is 0.795 bits per heavy atom. The Balaban J connectivity index is 2.34. The molecule has 39 heavy (non-hydrogen) atoms. The lowest BCUT2D eigenvalue weighted by atomic mass is 10.0. The molecule has 1 atom stereocenters. The van der Waals surface area contributed by atoms with Gasteiger partial charge in [0.2, 0.25) is 0 Å². The van der Waals surface area contributed by atoms with Crippen molar-refractivity contribution < 1.29 is 34.8 Å². The van der Waals surface area contributed by atoms with E-state index in [0.29, 0.717) is 58.8 Å². The minimum Gasteiger partial charge on any atom is -0.480 e. The van der Waals surface area contributed by atoms with Crippen LogP contribution in [0.3, 0.4) is 0 Å². The number of nitrogens with zero attached hydrogens (tertiary/aromatic N) is 4.